The Bertz CT molecular complexity index is 1190. The van der Waals surface area contributed by atoms with Gasteiger partial charge in [0.2, 0.25) is 0 Å². The van der Waals surface area contributed by atoms with Gasteiger partial charge in [0.25, 0.3) is 0 Å². The molecule has 0 aliphatic rings. The van der Waals surface area contributed by atoms with E-state index in [0.29, 0.717) is 12.2 Å². The van der Waals surface area contributed by atoms with Gasteiger partial charge in [0.1, 0.15) is 17.0 Å². The van der Waals surface area contributed by atoms with Crippen LogP contribution in [0.5, 0.6) is 5.75 Å². The van der Waals surface area contributed by atoms with Gasteiger partial charge in [-0.25, -0.2) is 9.59 Å². The second-order valence-electron chi connectivity index (χ2n) is 12.8. The summed E-state index contributed by atoms with van der Waals surface area (Å²) < 4.78 is 16.2. The molecule has 2 aromatic rings. The van der Waals surface area contributed by atoms with Crippen LogP contribution in [0.1, 0.15) is 59.1 Å². The van der Waals surface area contributed by atoms with Crippen molar-refractivity contribution in [2.75, 3.05) is 19.7 Å². The number of carbonyl (C=O) groups excluding carboxylic acids is 2. The molecule has 0 saturated carbocycles. The molecule has 0 aromatic heterocycles. The average Bonchev–Trinajstić information content (AvgIpc) is 2.91. The van der Waals surface area contributed by atoms with Gasteiger partial charge in [0.05, 0.1) is 37.3 Å². The first kappa shape index (κ1) is 37.3. The van der Waals surface area contributed by atoms with Gasteiger partial charge in [0.15, 0.2) is 0 Å². The van der Waals surface area contributed by atoms with Crippen molar-refractivity contribution in [3.05, 3.63) is 65.7 Å². The van der Waals surface area contributed by atoms with E-state index < -0.39 is 53.6 Å². The highest BCUT2D eigenvalue weighted by Crippen LogP contribution is 2.16. The summed E-state index contributed by atoms with van der Waals surface area (Å²) >= 11 is 0. The van der Waals surface area contributed by atoms with Crippen LogP contribution < -0.4 is 20.7 Å². The Morgan fingerprint density at radius 1 is 0.711 bits per heavy atom. The number of nitrogens with one attached hydrogen (secondary N) is 3. The molecule has 0 heterocycles. The summed E-state index contributed by atoms with van der Waals surface area (Å²) in [5.41, 5.74) is 0.243. The van der Waals surface area contributed by atoms with Crippen LogP contribution in [0.2, 0.25) is 0 Å². The summed E-state index contributed by atoms with van der Waals surface area (Å²) in [6.45, 7) is 10.6. The highest BCUT2D eigenvalue weighted by Gasteiger charge is 2.27. The summed E-state index contributed by atoms with van der Waals surface area (Å²) in [6, 6.07) is 14.9. The van der Waals surface area contributed by atoms with Gasteiger partial charge >= 0.3 is 18.2 Å². The number of ether oxygens (including phenoxy) is 3. The zero-order valence-corrected chi connectivity index (χ0v) is 27.0. The minimum absolute atomic E-state index is 0.0123. The second kappa shape index (κ2) is 17.6. The number of aliphatic carboxylic acids is 1. The fraction of sp³-hybridized carbons (Fsp3) is 0.545. The maximum absolute atomic E-state index is 12.6. The lowest BCUT2D eigenvalue weighted by molar-refractivity contribution is -0.137. The largest absolute Gasteiger partial charge is 0.493 e. The zero-order chi connectivity index (χ0) is 33.6. The molecular weight excluding hydrogens is 582 g/mol. The van der Waals surface area contributed by atoms with Gasteiger partial charge in [-0.2, -0.15) is 0 Å². The van der Waals surface area contributed by atoms with Crippen LogP contribution in [0.4, 0.5) is 9.59 Å². The number of carboxylic acid groups (broad SMARTS) is 1. The molecule has 0 unspecified atom stereocenters. The SMILES string of the molecule is CC(C)(C)OC(=O)N[C@@H](Cc1ccccc1)[C@H](O)CNC[C@@H](O)[C@H](Cc1ccc(OCCC(=O)O)cc1)NC(=O)OC(C)(C)C. The maximum atomic E-state index is 12.6. The third-order valence-corrected chi connectivity index (χ3v) is 6.30. The van der Waals surface area contributed by atoms with Crippen LogP contribution >= 0.6 is 0 Å². The zero-order valence-electron chi connectivity index (χ0n) is 27.0. The Labute approximate surface area is 265 Å². The lowest BCUT2D eigenvalue weighted by atomic mass is 10.00. The molecule has 2 amide bonds. The van der Waals surface area contributed by atoms with E-state index >= 15 is 0 Å². The minimum atomic E-state index is -1.08. The summed E-state index contributed by atoms with van der Waals surface area (Å²) in [7, 11) is 0. The molecule has 0 radical (unpaired) electrons. The number of alkyl carbamates (subject to hydrolysis) is 2. The van der Waals surface area contributed by atoms with Crippen LogP contribution in [-0.4, -0.2) is 88.7 Å². The van der Waals surface area contributed by atoms with Gasteiger partial charge < -0.3 is 45.5 Å². The first-order valence-electron chi connectivity index (χ1n) is 15.0. The highest BCUT2D eigenvalue weighted by atomic mass is 16.6. The molecule has 0 fully saturated rings. The Balaban J connectivity index is 2.07. The first-order valence-corrected chi connectivity index (χ1v) is 15.0. The number of aliphatic hydroxyl groups excluding tert-OH is 2. The van der Waals surface area contributed by atoms with E-state index in [9.17, 15) is 24.6 Å². The van der Waals surface area contributed by atoms with E-state index in [2.05, 4.69) is 16.0 Å². The van der Waals surface area contributed by atoms with Crippen molar-refractivity contribution in [1.82, 2.24) is 16.0 Å². The van der Waals surface area contributed by atoms with E-state index in [4.69, 9.17) is 19.3 Å². The van der Waals surface area contributed by atoms with Crippen molar-refractivity contribution < 1.29 is 43.9 Å². The monoisotopic (exact) mass is 631 g/mol. The molecule has 2 aromatic carbocycles. The van der Waals surface area contributed by atoms with Crippen LogP contribution in [0.15, 0.2) is 54.6 Å². The number of amides is 2. The predicted molar refractivity (Wildman–Crippen MR) is 169 cm³/mol. The van der Waals surface area contributed by atoms with E-state index in [1.807, 2.05) is 30.3 Å². The van der Waals surface area contributed by atoms with E-state index in [0.717, 1.165) is 11.1 Å². The Morgan fingerprint density at radius 2 is 1.16 bits per heavy atom. The molecule has 250 valence electrons. The molecule has 0 aliphatic carbocycles. The molecule has 4 atom stereocenters. The van der Waals surface area contributed by atoms with Crippen molar-refractivity contribution in [3.63, 3.8) is 0 Å². The summed E-state index contributed by atoms with van der Waals surface area (Å²) in [6.07, 6.45) is -2.98. The van der Waals surface area contributed by atoms with Crippen LogP contribution in [0.25, 0.3) is 0 Å². The van der Waals surface area contributed by atoms with Crippen molar-refractivity contribution in [1.29, 1.82) is 0 Å². The average molecular weight is 632 g/mol. The molecule has 0 aliphatic heterocycles. The highest BCUT2D eigenvalue weighted by molar-refractivity contribution is 5.68. The third kappa shape index (κ3) is 16.1. The van der Waals surface area contributed by atoms with Gasteiger partial charge in [-0.1, -0.05) is 42.5 Å². The number of rotatable bonds is 16. The van der Waals surface area contributed by atoms with Crippen LogP contribution in [0.3, 0.4) is 0 Å². The number of hydrogen-bond acceptors (Lipinski definition) is 9. The van der Waals surface area contributed by atoms with Crippen LogP contribution in [-0.2, 0) is 27.1 Å². The molecule has 2 rings (SSSR count). The quantitative estimate of drug-likeness (QED) is 0.161. The van der Waals surface area contributed by atoms with Gasteiger partial charge in [-0.15, -0.1) is 0 Å². The molecule has 6 N–H and O–H groups in total. The van der Waals surface area contributed by atoms with E-state index in [-0.39, 0.29) is 32.5 Å². The van der Waals surface area contributed by atoms with Crippen molar-refractivity contribution in [2.45, 2.75) is 96.3 Å². The van der Waals surface area contributed by atoms with Gasteiger partial charge in [-0.05, 0) is 77.6 Å². The number of carboxylic acids is 1. The number of carbonyl (C=O) groups is 3. The summed E-state index contributed by atoms with van der Waals surface area (Å²) in [4.78, 5) is 35.9. The van der Waals surface area contributed by atoms with E-state index in [1.165, 1.54) is 0 Å². The first-order chi connectivity index (χ1) is 21.0. The number of hydrogen-bond donors (Lipinski definition) is 6. The molecule has 45 heavy (non-hydrogen) atoms. The van der Waals surface area contributed by atoms with Crippen molar-refractivity contribution >= 4 is 18.2 Å². The molecule has 0 bridgehead atoms. The van der Waals surface area contributed by atoms with Gasteiger partial charge in [0, 0.05) is 13.1 Å². The molecule has 12 nitrogen and oxygen atoms in total. The molecule has 0 spiro atoms. The lowest BCUT2D eigenvalue weighted by Gasteiger charge is -2.29. The van der Waals surface area contributed by atoms with E-state index in [1.54, 1.807) is 65.8 Å². The Hall–Kier alpha value is -3.87. The predicted octanol–water partition coefficient (Wildman–Crippen LogP) is 3.42. The normalized spacial score (nSPS) is 14.4. The minimum Gasteiger partial charge on any atom is -0.493 e. The fourth-order valence-corrected chi connectivity index (χ4v) is 4.25. The summed E-state index contributed by atoms with van der Waals surface area (Å²) in [5.74, 6) is -0.457. The van der Waals surface area contributed by atoms with Crippen molar-refractivity contribution in [2.24, 2.45) is 0 Å². The van der Waals surface area contributed by atoms with Gasteiger partial charge in [-0.3, -0.25) is 4.79 Å². The fourth-order valence-electron chi connectivity index (χ4n) is 4.25. The summed E-state index contributed by atoms with van der Waals surface area (Å²) in [5, 5.41) is 39.5. The lowest BCUT2D eigenvalue weighted by Crippen LogP contribution is -2.53. The molecule has 12 heteroatoms. The second-order valence-corrected chi connectivity index (χ2v) is 12.8. The van der Waals surface area contributed by atoms with Crippen molar-refractivity contribution in [3.8, 4) is 5.75 Å². The standard InChI is InChI=1S/C33H49N3O9/c1-32(2,3)44-30(41)35-25(18-22-10-8-7-9-11-22)27(37)20-34-21-28(38)26(36-31(42)45-33(4,5)6)19-23-12-14-24(15-13-23)43-17-16-29(39)40/h7-15,25-28,34,37-38H,16-21H2,1-6H3,(H,35,41)(H,36,42)(H,39,40)/t25-,26-,27+,28+/m0/s1. The topological polar surface area (TPSA) is 176 Å². The molecular formula is C33H49N3O9. The third-order valence-electron chi connectivity index (χ3n) is 6.30. The smallest absolute Gasteiger partial charge is 0.407 e. The Kier molecular flexibility index (Phi) is 14.6. The molecule has 0 saturated heterocycles. The van der Waals surface area contributed by atoms with Crippen LogP contribution in [0, 0.1) is 0 Å². The Morgan fingerprint density at radius 3 is 1.58 bits per heavy atom. The maximum Gasteiger partial charge on any atom is 0.407 e. The number of benzene rings is 2. The number of aliphatic hydroxyl groups is 2.